The molecular formula is C19H32N2O4. The molecule has 6 nitrogen and oxygen atoms in total. The summed E-state index contributed by atoms with van der Waals surface area (Å²) < 4.78 is 10.3. The molecule has 2 amide bonds. The van der Waals surface area contributed by atoms with Gasteiger partial charge in [-0.2, -0.15) is 0 Å². The first-order chi connectivity index (χ1) is 12.2. The van der Waals surface area contributed by atoms with Gasteiger partial charge in [0.1, 0.15) is 6.61 Å². The van der Waals surface area contributed by atoms with E-state index in [9.17, 15) is 9.59 Å². The summed E-state index contributed by atoms with van der Waals surface area (Å²) in [7, 11) is 1.61. The van der Waals surface area contributed by atoms with Crippen molar-refractivity contribution in [2.75, 3.05) is 46.6 Å². The lowest BCUT2D eigenvalue weighted by atomic mass is 9.77. The Morgan fingerprint density at radius 3 is 2.68 bits per heavy atom. The Labute approximate surface area is 150 Å². The topological polar surface area (TPSA) is 59.1 Å². The number of methoxy groups -OCH3 is 1. The number of piperidine rings is 1. The molecule has 0 bridgehead atoms. The van der Waals surface area contributed by atoms with Crippen LogP contribution in [0.2, 0.25) is 0 Å². The number of carbonyl (C=O) groups excluding carboxylic acids is 2. The lowest BCUT2D eigenvalue weighted by Gasteiger charge is -2.44. The highest BCUT2D eigenvalue weighted by atomic mass is 16.5. The first kappa shape index (κ1) is 18.6. The van der Waals surface area contributed by atoms with Crippen molar-refractivity contribution in [3.05, 3.63) is 0 Å². The second-order valence-electron chi connectivity index (χ2n) is 7.78. The van der Waals surface area contributed by atoms with E-state index in [0.29, 0.717) is 38.3 Å². The van der Waals surface area contributed by atoms with Crippen LogP contribution in [0.15, 0.2) is 0 Å². The van der Waals surface area contributed by atoms with E-state index < -0.39 is 0 Å². The highest BCUT2D eigenvalue weighted by Gasteiger charge is 2.50. The third-order valence-corrected chi connectivity index (χ3v) is 6.15. The van der Waals surface area contributed by atoms with Gasteiger partial charge in [-0.05, 0) is 32.1 Å². The van der Waals surface area contributed by atoms with Gasteiger partial charge in [-0.25, -0.2) is 0 Å². The van der Waals surface area contributed by atoms with Crippen LogP contribution in [0.25, 0.3) is 0 Å². The minimum absolute atomic E-state index is 0.00410. The summed E-state index contributed by atoms with van der Waals surface area (Å²) in [5.74, 6) is 0.303. The van der Waals surface area contributed by atoms with E-state index in [0.717, 1.165) is 38.6 Å². The zero-order chi connectivity index (χ0) is 17.7. The molecule has 2 heterocycles. The maximum absolute atomic E-state index is 13.3. The molecule has 3 rings (SSSR count). The molecule has 2 saturated heterocycles. The lowest BCUT2D eigenvalue weighted by Crippen LogP contribution is -2.54. The van der Waals surface area contributed by atoms with E-state index in [1.807, 2.05) is 4.90 Å². The van der Waals surface area contributed by atoms with Gasteiger partial charge >= 0.3 is 0 Å². The van der Waals surface area contributed by atoms with E-state index in [1.54, 1.807) is 7.11 Å². The molecule has 3 fully saturated rings. The monoisotopic (exact) mass is 352 g/mol. The fraction of sp³-hybridized carbons (Fsp3) is 0.895. The standard InChI is InChI=1S/C19H32N2O4/c1-24-12-13-25-14-17(22)20-11-9-19(15-20)8-5-10-21(18(19)23)16-6-3-2-4-7-16/h16H,2-15H2,1H3/t19-/m0/s1. The Balaban J connectivity index is 1.56. The van der Waals surface area contributed by atoms with Gasteiger partial charge in [-0.1, -0.05) is 19.3 Å². The maximum Gasteiger partial charge on any atom is 0.248 e. The van der Waals surface area contributed by atoms with Crippen molar-refractivity contribution in [1.29, 1.82) is 0 Å². The fourth-order valence-corrected chi connectivity index (χ4v) is 4.70. The van der Waals surface area contributed by atoms with E-state index >= 15 is 0 Å². The summed E-state index contributed by atoms with van der Waals surface area (Å²) in [6.45, 7) is 3.15. The van der Waals surface area contributed by atoms with Gasteiger partial charge in [-0.3, -0.25) is 9.59 Å². The molecule has 2 aliphatic heterocycles. The first-order valence-electron chi connectivity index (χ1n) is 9.82. The number of ether oxygens (including phenoxy) is 2. The van der Waals surface area contributed by atoms with Crippen molar-refractivity contribution in [3.63, 3.8) is 0 Å². The van der Waals surface area contributed by atoms with E-state index in [-0.39, 0.29) is 17.9 Å². The minimum atomic E-state index is -0.335. The highest BCUT2D eigenvalue weighted by molar-refractivity contribution is 5.86. The second kappa shape index (κ2) is 8.49. The number of likely N-dealkylation sites (tertiary alicyclic amines) is 2. The van der Waals surface area contributed by atoms with Crippen LogP contribution in [-0.4, -0.2) is 74.2 Å². The second-order valence-corrected chi connectivity index (χ2v) is 7.78. The Kier molecular flexibility index (Phi) is 6.34. The summed E-state index contributed by atoms with van der Waals surface area (Å²) in [5, 5.41) is 0. The maximum atomic E-state index is 13.3. The third kappa shape index (κ3) is 4.17. The Morgan fingerprint density at radius 2 is 1.92 bits per heavy atom. The smallest absolute Gasteiger partial charge is 0.248 e. The molecule has 3 aliphatic rings. The number of hydrogen-bond acceptors (Lipinski definition) is 4. The molecule has 1 atom stereocenters. The van der Waals surface area contributed by atoms with Crippen LogP contribution in [0, 0.1) is 5.41 Å². The predicted molar refractivity (Wildman–Crippen MR) is 94.1 cm³/mol. The molecule has 0 radical (unpaired) electrons. The highest BCUT2D eigenvalue weighted by Crippen LogP contribution is 2.42. The van der Waals surface area contributed by atoms with Crippen molar-refractivity contribution >= 4 is 11.8 Å². The van der Waals surface area contributed by atoms with Crippen LogP contribution in [0.1, 0.15) is 51.4 Å². The zero-order valence-corrected chi connectivity index (χ0v) is 15.5. The Morgan fingerprint density at radius 1 is 1.12 bits per heavy atom. The van der Waals surface area contributed by atoms with Crippen molar-refractivity contribution in [3.8, 4) is 0 Å². The average Bonchev–Trinajstić information content (AvgIpc) is 3.07. The molecule has 0 aromatic heterocycles. The summed E-state index contributed by atoms with van der Waals surface area (Å²) in [6.07, 6.45) is 8.87. The summed E-state index contributed by atoms with van der Waals surface area (Å²) >= 11 is 0. The quantitative estimate of drug-likeness (QED) is 0.684. The van der Waals surface area contributed by atoms with Crippen LogP contribution >= 0.6 is 0 Å². The predicted octanol–water partition coefficient (Wildman–Crippen LogP) is 1.82. The molecular weight excluding hydrogens is 320 g/mol. The molecule has 0 unspecified atom stereocenters. The van der Waals surface area contributed by atoms with Crippen LogP contribution in [-0.2, 0) is 19.1 Å². The summed E-state index contributed by atoms with van der Waals surface area (Å²) in [6, 6.07) is 0.431. The zero-order valence-electron chi connectivity index (χ0n) is 15.5. The average molecular weight is 352 g/mol. The van der Waals surface area contributed by atoms with Crippen molar-refractivity contribution in [2.45, 2.75) is 57.4 Å². The number of carbonyl (C=O) groups is 2. The van der Waals surface area contributed by atoms with Crippen LogP contribution in [0.5, 0.6) is 0 Å². The molecule has 1 saturated carbocycles. The molecule has 0 N–H and O–H groups in total. The van der Waals surface area contributed by atoms with Gasteiger partial charge in [0.2, 0.25) is 11.8 Å². The molecule has 1 spiro atoms. The molecule has 6 heteroatoms. The molecule has 0 aromatic carbocycles. The van der Waals surface area contributed by atoms with Crippen molar-refractivity contribution < 1.29 is 19.1 Å². The van der Waals surface area contributed by atoms with Crippen LogP contribution in [0.3, 0.4) is 0 Å². The molecule has 142 valence electrons. The SMILES string of the molecule is COCCOCC(=O)N1CC[C@@]2(CCCN(C3CCCCC3)C2=O)C1. The van der Waals surface area contributed by atoms with E-state index in [4.69, 9.17) is 9.47 Å². The van der Waals surface area contributed by atoms with Gasteiger partial charge in [0.05, 0.1) is 18.6 Å². The first-order valence-corrected chi connectivity index (χ1v) is 9.82. The largest absolute Gasteiger partial charge is 0.382 e. The normalized spacial score (nSPS) is 28.1. The minimum Gasteiger partial charge on any atom is -0.382 e. The number of amides is 2. The lowest BCUT2D eigenvalue weighted by molar-refractivity contribution is -0.150. The van der Waals surface area contributed by atoms with Crippen LogP contribution in [0.4, 0.5) is 0 Å². The van der Waals surface area contributed by atoms with Gasteiger partial charge in [0.25, 0.3) is 0 Å². The number of rotatable bonds is 6. The number of nitrogens with zero attached hydrogens (tertiary/aromatic N) is 2. The Bertz CT molecular complexity index is 478. The van der Waals surface area contributed by atoms with Gasteiger partial charge in [0.15, 0.2) is 0 Å². The molecule has 0 aromatic rings. The van der Waals surface area contributed by atoms with Gasteiger partial charge < -0.3 is 19.3 Å². The van der Waals surface area contributed by atoms with Crippen molar-refractivity contribution in [2.24, 2.45) is 5.41 Å². The fourth-order valence-electron chi connectivity index (χ4n) is 4.70. The van der Waals surface area contributed by atoms with E-state index in [2.05, 4.69) is 4.90 Å². The Hall–Kier alpha value is -1.14. The number of hydrogen-bond donors (Lipinski definition) is 0. The summed E-state index contributed by atoms with van der Waals surface area (Å²) in [5.41, 5.74) is -0.335. The molecule has 25 heavy (non-hydrogen) atoms. The van der Waals surface area contributed by atoms with E-state index in [1.165, 1.54) is 19.3 Å². The van der Waals surface area contributed by atoms with Gasteiger partial charge in [-0.15, -0.1) is 0 Å². The molecule has 1 aliphatic carbocycles. The van der Waals surface area contributed by atoms with Crippen molar-refractivity contribution in [1.82, 2.24) is 9.80 Å². The third-order valence-electron chi connectivity index (χ3n) is 6.15. The van der Waals surface area contributed by atoms with Crippen LogP contribution < -0.4 is 0 Å². The summed E-state index contributed by atoms with van der Waals surface area (Å²) in [4.78, 5) is 29.6. The van der Waals surface area contributed by atoms with Gasteiger partial charge in [0, 0.05) is 32.8 Å².